The molecular formula is C16H24O. The smallest absolute Gasteiger partial charge is 0.0792 e. The first-order valence-electron chi connectivity index (χ1n) is 7.06. The Hall–Kier alpha value is -0.820. The van der Waals surface area contributed by atoms with E-state index in [9.17, 15) is 5.11 Å². The lowest BCUT2D eigenvalue weighted by atomic mass is 9.80. The second-order valence-electron chi connectivity index (χ2n) is 5.39. The molecule has 1 saturated carbocycles. The molecule has 1 aliphatic rings. The maximum Gasteiger partial charge on any atom is 0.0792 e. The predicted octanol–water partition coefficient (Wildman–Crippen LogP) is 4.25. The van der Waals surface area contributed by atoms with Crippen LogP contribution in [0.25, 0.3) is 0 Å². The summed E-state index contributed by atoms with van der Waals surface area (Å²) in [6.07, 6.45) is 8.34. The second kappa shape index (κ2) is 6.20. The van der Waals surface area contributed by atoms with Gasteiger partial charge in [-0.05, 0) is 36.3 Å². The molecular weight excluding hydrogens is 208 g/mol. The Labute approximate surface area is 105 Å². The normalized spacial score (nSPS) is 17.8. The molecule has 17 heavy (non-hydrogen) atoms. The number of benzene rings is 1. The lowest BCUT2D eigenvalue weighted by molar-refractivity contribution is 0.118. The average molecular weight is 232 g/mol. The highest BCUT2D eigenvalue weighted by atomic mass is 16.3. The highest BCUT2D eigenvalue weighted by Gasteiger charge is 2.21. The Morgan fingerprint density at radius 2 is 1.94 bits per heavy atom. The van der Waals surface area contributed by atoms with Gasteiger partial charge >= 0.3 is 0 Å². The van der Waals surface area contributed by atoms with Gasteiger partial charge in [-0.3, -0.25) is 0 Å². The Morgan fingerprint density at radius 1 is 1.24 bits per heavy atom. The molecule has 1 aliphatic carbocycles. The molecule has 0 heterocycles. The molecule has 1 heteroatoms. The third-order valence-electron chi connectivity index (χ3n) is 3.96. The van der Waals surface area contributed by atoms with Gasteiger partial charge in [0.2, 0.25) is 0 Å². The standard InChI is InChI=1S/C16H24O/c1-2-3-5-13-8-10-15(11-9-13)16(17)12-14-6-4-7-14/h8-11,14,16-17H,2-7,12H2,1H3. The van der Waals surface area contributed by atoms with Gasteiger partial charge in [-0.25, -0.2) is 0 Å². The highest BCUT2D eigenvalue weighted by molar-refractivity contribution is 5.24. The van der Waals surface area contributed by atoms with Crippen LogP contribution in [-0.2, 0) is 6.42 Å². The largest absolute Gasteiger partial charge is 0.388 e. The quantitative estimate of drug-likeness (QED) is 0.777. The molecule has 0 spiro atoms. The zero-order chi connectivity index (χ0) is 12.1. The van der Waals surface area contributed by atoms with Crippen LogP contribution in [0.5, 0.6) is 0 Å². The Bertz CT molecular complexity index is 324. The van der Waals surface area contributed by atoms with Crippen LogP contribution in [0.4, 0.5) is 0 Å². The predicted molar refractivity (Wildman–Crippen MR) is 72.0 cm³/mol. The second-order valence-corrected chi connectivity index (χ2v) is 5.39. The first-order valence-corrected chi connectivity index (χ1v) is 7.06. The Kier molecular flexibility index (Phi) is 4.61. The fourth-order valence-corrected chi connectivity index (χ4v) is 2.47. The molecule has 0 aliphatic heterocycles. The average Bonchev–Trinajstić information content (AvgIpc) is 2.31. The number of aryl methyl sites for hydroxylation is 1. The van der Waals surface area contributed by atoms with Crippen molar-refractivity contribution in [1.82, 2.24) is 0 Å². The van der Waals surface area contributed by atoms with Gasteiger partial charge in [-0.1, -0.05) is 56.9 Å². The van der Waals surface area contributed by atoms with Gasteiger partial charge in [0.05, 0.1) is 6.10 Å². The highest BCUT2D eigenvalue weighted by Crippen LogP contribution is 2.34. The van der Waals surface area contributed by atoms with Crippen LogP contribution >= 0.6 is 0 Å². The third-order valence-corrected chi connectivity index (χ3v) is 3.96. The van der Waals surface area contributed by atoms with Crippen molar-refractivity contribution in [3.05, 3.63) is 35.4 Å². The molecule has 0 bridgehead atoms. The maximum absolute atomic E-state index is 10.1. The molecule has 0 radical (unpaired) electrons. The van der Waals surface area contributed by atoms with E-state index in [0.29, 0.717) is 0 Å². The molecule has 94 valence electrons. The minimum absolute atomic E-state index is 0.250. The van der Waals surface area contributed by atoms with E-state index in [1.807, 2.05) is 0 Å². The molecule has 1 N–H and O–H groups in total. The summed E-state index contributed by atoms with van der Waals surface area (Å²) < 4.78 is 0. The number of aliphatic hydroxyl groups excluding tert-OH is 1. The van der Waals surface area contributed by atoms with E-state index in [-0.39, 0.29) is 6.10 Å². The van der Waals surface area contributed by atoms with Gasteiger partial charge in [0, 0.05) is 0 Å². The summed E-state index contributed by atoms with van der Waals surface area (Å²) in [4.78, 5) is 0. The summed E-state index contributed by atoms with van der Waals surface area (Å²) in [5.74, 6) is 0.768. The van der Waals surface area contributed by atoms with Crippen molar-refractivity contribution in [2.24, 2.45) is 5.92 Å². The summed E-state index contributed by atoms with van der Waals surface area (Å²) in [7, 11) is 0. The molecule has 0 amide bonds. The van der Waals surface area contributed by atoms with Crippen LogP contribution in [0.2, 0.25) is 0 Å². The van der Waals surface area contributed by atoms with Crippen molar-refractivity contribution in [3.8, 4) is 0 Å². The van der Waals surface area contributed by atoms with Crippen molar-refractivity contribution in [2.75, 3.05) is 0 Å². The van der Waals surface area contributed by atoms with Crippen molar-refractivity contribution >= 4 is 0 Å². The number of hydrogen-bond donors (Lipinski definition) is 1. The van der Waals surface area contributed by atoms with Crippen molar-refractivity contribution in [3.63, 3.8) is 0 Å². The van der Waals surface area contributed by atoms with Crippen molar-refractivity contribution < 1.29 is 5.11 Å². The first-order chi connectivity index (χ1) is 8.29. The molecule has 1 aromatic rings. The topological polar surface area (TPSA) is 20.2 Å². The zero-order valence-corrected chi connectivity index (χ0v) is 10.9. The van der Waals surface area contributed by atoms with Gasteiger partial charge in [0.15, 0.2) is 0 Å². The Morgan fingerprint density at radius 3 is 2.47 bits per heavy atom. The van der Waals surface area contributed by atoms with E-state index >= 15 is 0 Å². The van der Waals surface area contributed by atoms with Crippen LogP contribution in [0.3, 0.4) is 0 Å². The van der Waals surface area contributed by atoms with Crippen LogP contribution in [0.15, 0.2) is 24.3 Å². The monoisotopic (exact) mass is 232 g/mol. The molecule has 1 fully saturated rings. The van der Waals surface area contributed by atoms with Crippen LogP contribution < -0.4 is 0 Å². The van der Waals surface area contributed by atoms with E-state index < -0.39 is 0 Å². The van der Waals surface area contributed by atoms with Crippen LogP contribution in [0, 0.1) is 5.92 Å². The summed E-state index contributed by atoms with van der Waals surface area (Å²) >= 11 is 0. The fraction of sp³-hybridized carbons (Fsp3) is 0.625. The van der Waals surface area contributed by atoms with Crippen LogP contribution in [-0.4, -0.2) is 5.11 Å². The molecule has 2 rings (SSSR count). The van der Waals surface area contributed by atoms with Gasteiger partial charge in [-0.2, -0.15) is 0 Å². The number of aliphatic hydroxyl groups is 1. The number of rotatable bonds is 6. The minimum atomic E-state index is -0.250. The lowest BCUT2D eigenvalue weighted by Gasteiger charge is -2.27. The minimum Gasteiger partial charge on any atom is -0.388 e. The molecule has 0 saturated heterocycles. The number of hydrogen-bond acceptors (Lipinski definition) is 1. The van der Waals surface area contributed by atoms with Gasteiger partial charge < -0.3 is 5.11 Å². The molecule has 1 aromatic carbocycles. The summed E-state index contributed by atoms with van der Waals surface area (Å²) in [5, 5.41) is 10.1. The molecule has 1 unspecified atom stereocenters. The third kappa shape index (κ3) is 3.57. The lowest BCUT2D eigenvalue weighted by Crippen LogP contribution is -2.14. The first kappa shape index (κ1) is 12.6. The van der Waals surface area contributed by atoms with Crippen molar-refractivity contribution in [1.29, 1.82) is 0 Å². The summed E-state index contributed by atoms with van der Waals surface area (Å²) in [5.41, 5.74) is 2.49. The van der Waals surface area contributed by atoms with E-state index in [1.165, 1.54) is 37.7 Å². The van der Waals surface area contributed by atoms with Gasteiger partial charge in [0.25, 0.3) is 0 Å². The molecule has 0 aromatic heterocycles. The summed E-state index contributed by atoms with van der Waals surface area (Å²) in [6, 6.07) is 8.56. The van der Waals surface area contributed by atoms with Gasteiger partial charge in [0.1, 0.15) is 0 Å². The van der Waals surface area contributed by atoms with Gasteiger partial charge in [-0.15, -0.1) is 0 Å². The summed E-state index contributed by atoms with van der Waals surface area (Å²) in [6.45, 7) is 2.22. The van der Waals surface area contributed by atoms with E-state index in [0.717, 1.165) is 24.3 Å². The van der Waals surface area contributed by atoms with E-state index in [1.54, 1.807) is 0 Å². The Balaban J connectivity index is 1.87. The number of unbranched alkanes of at least 4 members (excludes halogenated alkanes) is 1. The van der Waals surface area contributed by atoms with Crippen molar-refractivity contribution in [2.45, 2.75) is 58.0 Å². The fourth-order valence-electron chi connectivity index (χ4n) is 2.47. The molecule has 1 nitrogen and oxygen atoms in total. The maximum atomic E-state index is 10.1. The van der Waals surface area contributed by atoms with E-state index in [4.69, 9.17) is 0 Å². The van der Waals surface area contributed by atoms with E-state index in [2.05, 4.69) is 31.2 Å². The SMILES string of the molecule is CCCCc1ccc(C(O)CC2CCC2)cc1. The molecule has 1 atom stereocenters. The van der Waals surface area contributed by atoms with Crippen LogP contribution in [0.1, 0.15) is 62.7 Å². The zero-order valence-electron chi connectivity index (χ0n) is 10.9.